The van der Waals surface area contributed by atoms with Gasteiger partial charge in [0.05, 0.1) is 5.69 Å². The molecule has 7 heteroatoms. The van der Waals surface area contributed by atoms with Gasteiger partial charge in [0.1, 0.15) is 11.6 Å². The summed E-state index contributed by atoms with van der Waals surface area (Å²) >= 11 is 4.79. The number of anilines is 1. The average molecular weight is 401 g/mol. The van der Waals surface area contributed by atoms with Gasteiger partial charge in [-0.2, -0.15) is 0 Å². The Morgan fingerprint density at radius 3 is 2.48 bits per heavy atom. The summed E-state index contributed by atoms with van der Waals surface area (Å²) in [4.78, 5) is 12.7. The molecule has 2 aromatic rings. The van der Waals surface area contributed by atoms with Gasteiger partial charge in [-0.25, -0.2) is 13.6 Å². The maximum absolute atomic E-state index is 13.0. The van der Waals surface area contributed by atoms with Crippen LogP contribution in [0.3, 0.4) is 0 Å². The predicted octanol–water partition coefficient (Wildman–Crippen LogP) is 5.03. The van der Waals surface area contributed by atoms with Gasteiger partial charge in [0.25, 0.3) is 0 Å². The monoisotopic (exact) mass is 400 g/mol. The van der Waals surface area contributed by atoms with Gasteiger partial charge in [-0.05, 0) is 70.6 Å². The van der Waals surface area contributed by atoms with E-state index in [0.29, 0.717) is 16.7 Å². The molecule has 0 aromatic heterocycles. The van der Waals surface area contributed by atoms with Gasteiger partial charge in [0.15, 0.2) is 0 Å². The Hall–Kier alpha value is -1.60. The zero-order valence-corrected chi connectivity index (χ0v) is 14.5. The molecule has 122 valence electrons. The highest BCUT2D eigenvalue weighted by molar-refractivity contribution is 9.10. The van der Waals surface area contributed by atoms with Crippen molar-refractivity contribution in [2.75, 3.05) is 17.6 Å². The molecule has 0 saturated carbocycles. The zero-order valence-electron chi connectivity index (χ0n) is 12.1. The van der Waals surface area contributed by atoms with Crippen molar-refractivity contribution in [1.29, 1.82) is 0 Å². The zero-order chi connectivity index (χ0) is 16.7. The number of amides is 2. The number of nitrogens with one attached hydrogen (secondary N) is 2. The van der Waals surface area contributed by atoms with Crippen molar-refractivity contribution >= 4 is 39.4 Å². The van der Waals surface area contributed by atoms with Crippen molar-refractivity contribution < 1.29 is 13.6 Å². The van der Waals surface area contributed by atoms with Crippen LogP contribution in [-0.2, 0) is 0 Å². The van der Waals surface area contributed by atoms with Crippen LogP contribution in [0.25, 0.3) is 0 Å². The van der Waals surface area contributed by atoms with Gasteiger partial charge in [-0.1, -0.05) is 0 Å². The molecule has 0 saturated heterocycles. The van der Waals surface area contributed by atoms with E-state index in [0.717, 1.165) is 17.1 Å². The highest BCUT2D eigenvalue weighted by atomic mass is 79.9. The van der Waals surface area contributed by atoms with Crippen LogP contribution in [-0.4, -0.2) is 18.3 Å². The van der Waals surface area contributed by atoms with Gasteiger partial charge in [0.2, 0.25) is 0 Å². The lowest BCUT2D eigenvalue weighted by atomic mass is 10.3. The van der Waals surface area contributed by atoms with Gasteiger partial charge >= 0.3 is 6.03 Å². The van der Waals surface area contributed by atoms with E-state index in [1.807, 2.05) is 0 Å². The third kappa shape index (κ3) is 6.19. The number of halogens is 3. The van der Waals surface area contributed by atoms with Crippen molar-refractivity contribution in [3.05, 3.63) is 58.6 Å². The fourth-order valence-corrected chi connectivity index (χ4v) is 3.06. The van der Waals surface area contributed by atoms with E-state index in [-0.39, 0.29) is 17.7 Å². The van der Waals surface area contributed by atoms with Crippen LogP contribution in [0, 0.1) is 11.6 Å². The molecule has 0 radical (unpaired) electrons. The number of carbonyl (C=O) groups excluding carboxylic acids is 1. The van der Waals surface area contributed by atoms with Gasteiger partial charge in [-0.15, -0.1) is 11.8 Å². The lowest BCUT2D eigenvalue weighted by Crippen LogP contribution is -2.29. The largest absolute Gasteiger partial charge is 0.338 e. The second kappa shape index (κ2) is 8.88. The Morgan fingerprint density at radius 2 is 1.78 bits per heavy atom. The first kappa shape index (κ1) is 17.7. The summed E-state index contributed by atoms with van der Waals surface area (Å²) in [7, 11) is 0. The van der Waals surface area contributed by atoms with Crippen LogP contribution < -0.4 is 10.6 Å². The molecule has 0 unspecified atom stereocenters. The van der Waals surface area contributed by atoms with Crippen LogP contribution >= 0.6 is 27.7 Å². The maximum Gasteiger partial charge on any atom is 0.319 e. The Balaban J connectivity index is 1.65. The molecule has 23 heavy (non-hydrogen) atoms. The van der Waals surface area contributed by atoms with Crippen molar-refractivity contribution in [2.45, 2.75) is 11.3 Å². The molecular weight excluding hydrogens is 386 g/mol. The standard InChI is InChI=1S/C16H15BrF2N2OS/c17-14-10-12(19)4-7-15(14)21-16(22)20-8-1-9-23-13-5-2-11(18)3-6-13/h2-7,10H,1,8-9H2,(H2,20,21,22). The van der Waals surface area contributed by atoms with E-state index >= 15 is 0 Å². The number of benzene rings is 2. The highest BCUT2D eigenvalue weighted by Gasteiger charge is 2.05. The fraction of sp³-hybridized carbons (Fsp3) is 0.188. The van der Waals surface area contributed by atoms with E-state index in [1.54, 1.807) is 23.9 Å². The molecular formula is C16H15BrF2N2OS. The van der Waals surface area contributed by atoms with E-state index in [1.165, 1.54) is 30.3 Å². The molecule has 2 rings (SSSR count). The van der Waals surface area contributed by atoms with Crippen LogP contribution in [0.1, 0.15) is 6.42 Å². The molecule has 0 aliphatic carbocycles. The normalized spacial score (nSPS) is 10.4. The summed E-state index contributed by atoms with van der Waals surface area (Å²) in [6.45, 7) is 0.513. The topological polar surface area (TPSA) is 41.1 Å². The second-order valence-corrected chi connectivity index (χ2v) is 6.68. The van der Waals surface area contributed by atoms with Gasteiger partial charge in [-0.3, -0.25) is 0 Å². The Morgan fingerprint density at radius 1 is 1.09 bits per heavy atom. The number of hydrogen-bond donors (Lipinski definition) is 2. The SMILES string of the molecule is O=C(NCCCSc1ccc(F)cc1)Nc1ccc(F)cc1Br. The molecule has 0 aliphatic rings. The molecule has 0 aliphatic heterocycles. The van der Waals surface area contributed by atoms with Crippen molar-refractivity contribution in [3.63, 3.8) is 0 Å². The molecule has 3 nitrogen and oxygen atoms in total. The summed E-state index contributed by atoms with van der Waals surface area (Å²) < 4.78 is 26.2. The minimum atomic E-state index is -0.374. The number of hydrogen-bond acceptors (Lipinski definition) is 2. The van der Waals surface area contributed by atoms with E-state index < -0.39 is 0 Å². The van der Waals surface area contributed by atoms with E-state index in [9.17, 15) is 13.6 Å². The number of thioether (sulfide) groups is 1. The fourth-order valence-electron chi connectivity index (χ4n) is 1.75. The van der Waals surface area contributed by atoms with Crippen LogP contribution in [0.5, 0.6) is 0 Å². The average Bonchev–Trinajstić information content (AvgIpc) is 2.51. The smallest absolute Gasteiger partial charge is 0.319 e. The predicted molar refractivity (Wildman–Crippen MR) is 92.9 cm³/mol. The minimum Gasteiger partial charge on any atom is -0.338 e. The van der Waals surface area contributed by atoms with Gasteiger partial charge < -0.3 is 10.6 Å². The lowest BCUT2D eigenvalue weighted by Gasteiger charge is -2.09. The minimum absolute atomic E-state index is 0.250. The Kier molecular flexibility index (Phi) is 6.85. The van der Waals surface area contributed by atoms with Crippen molar-refractivity contribution in [2.24, 2.45) is 0 Å². The Labute approximate surface area is 146 Å². The molecule has 0 bridgehead atoms. The van der Waals surface area contributed by atoms with Crippen LogP contribution in [0.2, 0.25) is 0 Å². The number of urea groups is 1. The summed E-state index contributed by atoms with van der Waals surface area (Å²) in [5, 5.41) is 5.37. The van der Waals surface area contributed by atoms with Crippen molar-refractivity contribution in [1.82, 2.24) is 5.32 Å². The van der Waals surface area contributed by atoms with Gasteiger partial charge in [0, 0.05) is 15.9 Å². The third-order valence-electron chi connectivity index (χ3n) is 2.87. The van der Waals surface area contributed by atoms with Crippen LogP contribution in [0.15, 0.2) is 51.8 Å². The third-order valence-corrected chi connectivity index (χ3v) is 4.62. The Bertz CT molecular complexity index is 668. The lowest BCUT2D eigenvalue weighted by molar-refractivity contribution is 0.252. The number of carbonyl (C=O) groups is 1. The van der Waals surface area contributed by atoms with Crippen molar-refractivity contribution in [3.8, 4) is 0 Å². The summed E-state index contributed by atoms with van der Waals surface area (Å²) in [6.07, 6.45) is 0.778. The first-order valence-corrected chi connectivity index (χ1v) is 8.71. The maximum atomic E-state index is 13.0. The number of rotatable bonds is 6. The summed E-state index contributed by atoms with van der Waals surface area (Å²) in [5.41, 5.74) is 0.504. The molecule has 0 fully saturated rings. The molecule has 2 amide bonds. The molecule has 0 atom stereocenters. The van der Waals surface area contributed by atoms with E-state index in [2.05, 4.69) is 26.6 Å². The first-order valence-electron chi connectivity index (χ1n) is 6.93. The molecule has 2 aromatic carbocycles. The highest BCUT2D eigenvalue weighted by Crippen LogP contribution is 2.23. The molecule has 0 spiro atoms. The first-order chi connectivity index (χ1) is 11.0. The molecule has 0 heterocycles. The summed E-state index contributed by atoms with van der Waals surface area (Å²) in [5.74, 6) is 0.187. The quantitative estimate of drug-likeness (QED) is 0.527. The van der Waals surface area contributed by atoms with E-state index in [4.69, 9.17) is 0 Å². The van der Waals surface area contributed by atoms with Crippen LogP contribution in [0.4, 0.5) is 19.3 Å². The summed E-state index contributed by atoms with van der Waals surface area (Å²) in [6, 6.07) is 10.0. The molecule has 2 N–H and O–H groups in total. The second-order valence-electron chi connectivity index (χ2n) is 4.66.